The lowest BCUT2D eigenvalue weighted by molar-refractivity contribution is -0.142. The second kappa shape index (κ2) is 7.93. The molecule has 0 radical (unpaired) electrons. The third-order valence-electron chi connectivity index (χ3n) is 7.77. The summed E-state index contributed by atoms with van der Waals surface area (Å²) in [4.78, 5) is 41.2. The van der Waals surface area contributed by atoms with Gasteiger partial charge in [-0.25, -0.2) is 0 Å². The summed E-state index contributed by atoms with van der Waals surface area (Å²) in [5.74, 6) is -0.795. The van der Waals surface area contributed by atoms with Crippen LogP contribution >= 0.6 is 0 Å². The molecule has 4 aliphatic rings. The van der Waals surface area contributed by atoms with Crippen LogP contribution < -0.4 is 10.9 Å². The summed E-state index contributed by atoms with van der Waals surface area (Å²) in [5.41, 5.74) is 2.62. The largest absolute Gasteiger partial charge is 0.396 e. The predicted octanol–water partition coefficient (Wildman–Crippen LogP) is 1.98. The van der Waals surface area contributed by atoms with Crippen LogP contribution in [0.3, 0.4) is 0 Å². The maximum absolute atomic E-state index is 13.3. The number of aliphatic hydroxyl groups excluding tert-OH is 1. The van der Waals surface area contributed by atoms with Crippen LogP contribution in [0.4, 0.5) is 0 Å². The molecule has 2 amide bonds. The first-order valence-electron chi connectivity index (χ1n) is 11.7. The van der Waals surface area contributed by atoms with E-state index in [0.29, 0.717) is 6.54 Å². The first kappa shape index (κ1) is 20.5. The van der Waals surface area contributed by atoms with E-state index >= 15 is 0 Å². The quantitative estimate of drug-likeness (QED) is 0.755. The number of rotatable bonds is 5. The Labute approximate surface area is 182 Å². The number of carbonyl (C=O) groups excluding carboxylic acids is 2. The molecule has 7 nitrogen and oxygen atoms in total. The summed E-state index contributed by atoms with van der Waals surface area (Å²) in [5, 5.41) is 13.4. The molecule has 3 heterocycles. The molecule has 31 heavy (non-hydrogen) atoms. The van der Waals surface area contributed by atoms with Gasteiger partial charge >= 0.3 is 0 Å². The van der Waals surface area contributed by atoms with Crippen molar-refractivity contribution in [3.8, 4) is 0 Å². The number of pyridine rings is 1. The minimum atomic E-state index is -0.686. The van der Waals surface area contributed by atoms with Crippen molar-refractivity contribution < 1.29 is 14.7 Å². The van der Waals surface area contributed by atoms with Gasteiger partial charge in [-0.15, -0.1) is 0 Å². The number of allylic oxidation sites excluding steroid dienone is 2. The number of hydrogen-bond acceptors (Lipinski definition) is 4. The number of fused-ring (bicyclic) bond motifs is 3. The van der Waals surface area contributed by atoms with Crippen LogP contribution in [0.5, 0.6) is 0 Å². The molecule has 7 heteroatoms. The van der Waals surface area contributed by atoms with Crippen molar-refractivity contribution >= 4 is 17.4 Å². The highest BCUT2D eigenvalue weighted by atomic mass is 16.3. The van der Waals surface area contributed by atoms with Gasteiger partial charge in [0.1, 0.15) is 6.04 Å². The third-order valence-corrected chi connectivity index (χ3v) is 7.77. The lowest BCUT2D eigenvalue weighted by Crippen LogP contribution is -2.53. The van der Waals surface area contributed by atoms with E-state index in [2.05, 4.69) is 11.4 Å². The van der Waals surface area contributed by atoms with Crippen LogP contribution in [0.1, 0.15) is 69.2 Å². The van der Waals surface area contributed by atoms with Gasteiger partial charge in [-0.3, -0.25) is 14.4 Å². The molecule has 1 aromatic heterocycles. The standard InChI is InChI=1S/C24H31N3O4/c1-2-20(29)27-21-17(18(13-28)22(27)23(30)25-15-8-5-9-15)12-26-19(21)11-10-16(24(26)31)14-6-3-4-7-14/h6,10-11,15,17-18,21-22,28H,2-5,7-9,12-13H2,1H3,(H,25,30)/t17-,18-,21+,22-/m1/s1. The zero-order valence-electron chi connectivity index (χ0n) is 18.0. The highest BCUT2D eigenvalue weighted by Crippen LogP contribution is 2.49. The normalized spacial score (nSPS) is 29.4. The Hall–Kier alpha value is -2.41. The smallest absolute Gasteiger partial charge is 0.258 e. The van der Waals surface area contributed by atoms with E-state index in [0.717, 1.165) is 55.4 Å². The highest BCUT2D eigenvalue weighted by Gasteiger charge is 2.57. The molecule has 166 valence electrons. The molecule has 2 aliphatic carbocycles. The first-order valence-corrected chi connectivity index (χ1v) is 11.7. The second-order valence-corrected chi connectivity index (χ2v) is 9.40. The molecule has 0 aromatic carbocycles. The van der Waals surface area contributed by atoms with Gasteiger partial charge in [0.05, 0.1) is 6.04 Å². The monoisotopic (exact) mass is 425 g/mol. The van der Waals surface area contributed by atoms with Gasteiger partial charge in [0, 0.05) is 48.7 Å². The summed E-state index contributed by atoms with van der Waals surface area (Å²) in [7, 11) is 0. The summed E-state index contributed by atoms with van der Waals surface area (Å²) in [6.07, 6.45) is 8.46. The van der Waals surface area contributed by atoms with Gasteiger partial charge < -0.3 is 19.9 Å². The number of nitrogens with one attached hydrogen (secondary N) is 1. The van der Waals surface area contributed by atoms with Crippen molar-refractivity contribution in [1.82, 2.24) is 14.8 Å². The Morgan fingerprint density at radius 3 is 2.65 bits per heavy atom. The fourth-order valence-corrected chi connectivity index (χ4v) is 5.95. The van der Waals surface area contributed by atoms with Crippen molar-refractivity contribution in [3.63, 3.8) is 0 Å². The molecular formula is C24H31N3O4. The van der Waals surface area contributed by atoms with Crippen molar-refractivity contribution in [2.75, 3.05) is 6.61 Å². The van der Waals surface area contributed by atoms with Crippen LogP contribution in [0.2, 0.25) is 0 Å². The molecule has 4 atom stereocenters. The molecule has 2 aliphatic heterocycles. The van der Waals surface area contributed by atoms with E-state index in [1.165, 1.54) is 0 Å². The molecule has 0 unspecified atom stereocenters. The Morgan fingerprint density at radius 2 is 2.03 bits per heavy atom. The van der Waals surface area contributed by atoms with Gasteiger partial charge in [-0.1, -0.05) is 13.0 Å². The van der Waals surface area contributed by atoms with E-state index < -0.39 is 6.04 Å². The number of likely N-dealkylation sites (tertiary alicyclic amines) is 1. The Bertz CT molecular complexity index is 993. The van der Waals surface area contributed by atoms with Crippen LogP contribution in [-0.4, -0.2) is 45.1 Å². The lowest BCUT2D eigenvalue weighted by Gasteiger charge is -2.34. The summed E-state index contributed by atoms with van der Waals surface area (Å²) < 4.78 is 1.78. The topological polar surface area (TPSA) is 91.6 Å². The minimum absolute atomic E-state index is 0.0175. The SMILES string of the molecule is CCC(=O)N1[C@@H]2c3ccc(C4=CCCC4)c(=O)n3C[C@@H]2[C@@H](CO)[C@@H]1C(=O)NC1CCC1. The van der Waals surface area contributed by atoms with Crippen molar-refractivity contribution in [1.29, 1.82) is 0 Å². The zero-order chi connectivity index (χ0) is 21.7. The lowest BCUT2D eigenvalue weighted by atomic mass is 9.87. The molecule has 0 bridgehead atoms. The van der Waals surface area contributed by atoms with Gasteiger partial charge in [-0.2, -0.15) is 0 Å². The maximum atomic E-state index is 13.3. The minimum Gasteiger partial charge on any atom is -0.396 e. The summed E-state index contributed by atoms with van der Waals surface area (Å²) in [6.45, 7) is 2.05. The average molecular weight is 426 g/mol. The molecule has 1 saturated heterocycles. The molecule has 0 spiro atoms. The fourth-order valence-electron chi connectivity index (χ4n) is 5.95. The van der Waals surface area contributed by atoms with E-state index in [1.807, 2.05) is 12.1 Å². The van der Waals surface area contributed by atoms with Crippen LogP contribution in [0.15, 0.2) is 23.0 Å². The van der Waals surface area contributed by atoms with Crippen molar-refractivity contribution in [3.05, 3.63) is 39.8 Å². The average Bonchev–Trinajstić information content (AvgIpc) is 3.45. The highest BCUT2D eigenvalue weighted by molar-refractivity contribution is 5.89. The van der Waals surface area contributed by atoms with Gasteiger partial charge in [0.2, 0.25) is 11.8 Å². The number of carbonyl (C=O) groups is 2. The van der Waals surface area contributed by atoms with Crippen LogP contribution in [-0.2, 0) is 16.1 Å². The number of hydrogen-bond donors (Lipinski definition) is 2. The number of aliphatic hydroxyl groups is 1. The Balaban J connectivity index is 1.53. The van der Waals surface area contributed by atoms with Gasteiger partial charge in [0.15, 0.2) is 0 Å². The van der Waals surface area contributed by atoms with E-state index in [-0.39, 0.29) is 54.3 Å². The molecule has 1 saturated carbocycles. The molecule has 1 aromatic rings. The Morgan fingerprint density at radius 1 is 1.23 bits per heavy atom. The van der Waals surface area contributed by atoms with Crippen molar-refractivity contribution in [2.24, 2.45) is 11.8 Å². The predicted molar refractivity (Wildman–Crippen MR) is 116 cm³/mol. The van der Waals surface area contributed by atoms with Crippen molar-refractivity contribution in [2.45, 2.75) is 76.5 Å². The molecule has 5 rings (SSSR count). The number of amides is 2. The van der Waals surface area contributed by atoms with E-state index in [1.54, 1.807) is 16.4 Å². The summed E-state index contributed by atoms with van der Waals surface area (Å²) >= 11 is 0. The fraction of sp³-hybridized carbons (Fsp3) is 0.625. The first-order chi connectivity index (χ1) is 15.0. The van der Waals surface area contributed by atoms with E-state index in [4.69, 9.17) is 0 Å². The second-order valence-electron chi connectivity index (χ2n) is 9.40. The number of nitrogens with zero attached hydrogens (tertiary/aromatic N) is 2. The molecule has 2 N–H and O–H groups in total. The van der Waals surface area contributed by atoms with Gasteiger partial charge in [0.25, 0.3) is 5.56 Å². The van der Waals surface area contributed by atoms with Crippen LogP contribution in [0.25, 0.3) is 5.57 Å². The maximum Gasteiger partial charge on any atom is 0.258 e. The van der Waals surface area contributed by atoms with Crippen LogP contribution in [0, 0.1) is 11.8 Å². The molecular weight excluding hydrogens is 394 g/mol. The Kier molecular flexibility index (Phi) is 5.24. The zero-order valence-corrected chi connectivity index (χ0v) is 18.0. The van der Waals surface area contributed by atoms with E-state index in [9.17, 15) is 19.5 Å². The third kappa shape index (κ3) is 3.16. The molecule has 2 fully saturated rings. The summed E-state index contributed by atoms with van der Waals surface area (Å²) in [6, 6.07) is 2.98. The van der Waals surface area contributed by atoms with Gasteiger partial charge in [-0.05, 0) is 56.2 Å². The number of aromatic nitrogens is 1.